The smallest absolute Gasteiger partial charge is 0.200 e. The number of hydrogen-bond donors (Lipinski definition) is 4. The van der Waals surface area contributed by atoms with Gasteiger partial charge in [-0.25, -0.2) is 0 Å². The lowest BCUT2D eigenvalue weighted by molar-refractivity contribution is 0.361. The second-order valence-electron chi connectivity index (χ2n) is 4.84. The molecule has 4 nitrogen and oxygen atoms in total. The van der Waals surface area contributed by atoms with Crippen molar-refractivity contribution in [2.75, 3.05) is 0 Å². The number of phenolic OH excluding ortho intramolecular Hbond substituents is 3. The van der Waals surface area contributed by atoms with Gasteiger partial charge in [0.25, 0.3) is 0 Å². The Kier molecular flexibility index (Phi) is 3.43. The average molecular weight is 237 g/mol. The summed E-state index contributed by atoms with van der Waals surface area (Å²) in [6.45, 7) is 2.73. The maximum Gasteiger partial charge on any atom is 0.200 e. The predicted octanol–water partition coefficient (Wildman–Crippen LogP) is 2.08. The van der Waals surface area contributed by atoms with Crippen molar-refractivity contribution in [1.29, 1.82) is 0 Å². The first-order valence-electron chi connectivity index (χ1n) is 6.05. The number of nitrogens with one attached hydrogen (secondary N) is 1. The zero-order valence-corrected chi connectivity index (χ0v) is 9.98. The SMILES string of the molecule is CC1CCCC1NCc1ccc(O)c(O)c1O. The van der Waals surface area contributed by atoms with Gasteiger partial charge in [0.1, 0.15) is 0 Å². The van der Waals surface area contributed by atoms with Crippen LogP contribution < -0.4 is 5.32 Å². The quantitative estimate of drug-likeness (QED) is 0.607. The van der Waals surface area contributed by atoms with E-state index in [9.17, 15) is 15.3 Å². The minimum Gasteiger partial charge on any atom is -0.504 e. The van der Waals surface area contributed by atoms with Crippen LogP contribution >= 0.6 is 0 Å². The van der Waals surface area contributed by atoms with Crippen molar-refractivity contribution in [3.63, 3.8) is 0 Å². The standard InChI is InChI=1S/C13H19NO3/c1-8-3-2-4-10(8)14-7-9-5-6-11(15)13(17)12(9)16/h5-6,8,10,14-17H,2-4,7H2,1H3. The van der Waals surface area contributed by atoms with Crippen LogP contribution in [-0.4, -0.2) is 21.4 Å². The topological polar surface area (TPSA) is 72.7 Å². The number of aromatic hydroxyl groups is 3. The zero-order valence-electron chi connectivity index (χ0n) is 9.98. The van der Waals surface area contributed by atoms with Crippen molar-refractivity contribution in [3.8, 4) is 17.2 Å². The highest BCUT2D eigenvalue weighted by Gasteiger charge is 2.23. The van der Waals surface area contributed by atoms with Gasteiger partial charge >= 0.3 is 0 Å². The molecule has 4 N–H and O–H groups in total. The first-order valence-corrected chi connectivity index (χ1v) is 6.05. The van der Waals surface area contributed by atoms with Crippen molar-refractivity contribution in [2.24, 2.45) is 5.92 Å². The minimum absolute atomic E-state index is 0.233. The van der Waals surface area contributed by atoms with Crippen LogP contribution in [0, 0.1) is 5.92 Å². The summed E-state index contributed by atoms with van der Waals surface area (Å²) in [6.07, 6.45) is 3.64. The normalized spacial score (nSPS) is 24.1. The molecule has 0 spiro atoms. The molecule has 0 amide bonds. The Hall–Kier alpha value is -1.42. The minimum atomic E-state index is -0.441. The maximum atomic E-state index is 9.67. The van der Waals surface area contributed by atoms with Crippen LogP contribution in [0.2, 0.25) is 0 Å². The van der Waals surface area contributed by atoms with E-state index in [1.807, 2.05) is 0 Å². The summed E-state index contributed by atoms with van der Waals surface area (Å²) in [5, 5.41) is 31.7. The van der Waals surface area contributed by atoms with Crippen molar-refractivity contribution < 1.29 is 15.3 Å². The first kappa shape index (κ1) is 12.0. The van der Waals surface area contributed by atoms with E-state index in [1.165, 1.54) is 18.9 Å². The van der Waals surface area contributed by atoms with Gasteiger partial charge in [-0.05, 0) is 24.8 Å². The molecule has 1 aliphatic rings. The summed E-state index contributed by atoms with van der Waals surface area (Å²) in [5.74, 6) is -0.310. The van der Waals surface area contributed by atoms with E-state index >= 15 is 0 Å². The van der Waals surface area contributed by atoms with Crippen LogP contribution in [-0.2, 0) is 6.54 Å². The lowest BCUT2D eigenvalue weighted by atomic mass is 10.1. The molecule has 0 aliphatic heterocycles. The van der Waals surface area contributed by atoms with E-state index < -0.39 is 5.75 Å². The number of benzene rings is 1. The monoisotopic (exact) mass is 237 g/mol. The van der Waals surface area contributed by atoms with E-state index in [0.717, 1.165) is 6.42 Å². The summed E-state index contributed by atoms with van der Waals surface area (Å²) in [5.41, 5.74) is 0.611. The molecule has 1 aliphatic carbocycles. The van der Waals surface area contributed by atoms with E-state index in [1.54, 1.807) is 6.07 Å². The molecule has 2 rings (SSSR count). The summed E-state index contributed by atoms with van der Waals surface area (Å²) < 4.78 is 0. The largest absolute Gasteiger partial charge is 0.504 e. The fraction of sp³-hybridized carbons (Fsp3) is 0.538. The first-order chi connectivity index (χ1) is 8.09. The van der Waals surface area contributed by atoms with Crippen LogP contribution in [0.3, 0.4) is 0 Å². The predicted molar refractivity (Wildman–Crippen MR) is 65.1 cm³/mol. The van der Waals surface area contributed by atoms with Crippen LogP contribution in [0.5, 0.6) is 17.2 Å². The van der Waals surface area contributed by atoms with Gasteiger partial charge in [-0.15, -0.1) is 0 Å². The highest BCUT2D eigenvalue weighted by atomic mass is 16.3. The number of phenols is 3. The van der Waals surface area contributed by atoms with Gasteiger partial charge in [0.2, 0.25) is 5.75 Å². The molecule has 2 atom stereocenters. The fourth-order valence-corrected chi connectivity index (χ4v) is 2.44. The second-order valence-corrected chi connectivity index (χ2v) is 4.84. The Bertz CT molecular complexity index is 406. The summed E-state index contributed by atoms with van der Waals surface area (Å²) in [4.78, 5) is 0. The van der Waals surface area contributed by atoms with Gasteiger partial charge in [-0.3, -0.25) is 0 Å². The third-order valence-corrected chi connectivity index (χ3v) is 3.63. The second kappa shape index (κ2) is 4.84. The lowest BCUT2D eigenvalue weighted by Crippen LogP contribution is -2.30. The average Bonchev–Trinajstić information content (AvgIpc) is 2.71. The number of rotatable bonds is 3. The van der Waals surface area contributed by atoms with Crippen LogP contribution in [0.25, 0.3) is 0 Å². The number of hydrogen-bond acceptors (Lipinski definition) is 4. The van der Waals surface area contributed by atoms with Crippen LogP contribution in [0.4, 0.5) is 0 Å². The van der Waals surface area contributed by atoms with Gasteiger partial charge in [0.15, 0.2) is 11.5 Å². The van der Waals surface area contributed by atoms with Crippen molar-refractivity contribution >= 4 is 0 Å². The van der Waals surface area contributed by atoms with Gasteiger partial charge in [0, 0.05) is 18.2 Å². The van der Waals surface area contributed by atoms with Crippen LogP contribution in [0.15, 0.2) is 12.1 Å². The van der Waals surface area contributed by atoms with E-state index in [2.05, 4.69) is 12.2 Å². The summed E-state index contributed by atoms with van der Waals surface area (Å²) in [6, 6.07) is 3.49. The molecule has 0 heterocycles. The third kappa shape index (κ3) is 2.47. The molecule has 1 saturated carbocycles. The molecule has 1 fully saturated rings. The molecule has 2 unspecified atom stereocenters. The highest BCUT2D eigenvalue weighted by molar-refractivity contribution is 5.53. The zero-order chi connectivity index (χ0) is 12.4. The molecular weight excluding hydrogens is 218 g/mol. The van der Waals surface area contributed by atoms with Crippen molar-refractivity contribution in [1.82, 2.24) is 5.32 Å². The molecule has 17 heavy (non-hydrogen) atoms. The van der Waals surface area contributed by atoms with E-state index in [0.29, 0.717) is 24.1 Å². The van der Waals surface area contributed by atoms with Crippen molar-refractivity contribution in [3.05, 3.63) is 17.7 Å². The molecule has 0 aromatic heterocycles. The molecule has 0 bridgehead atoms. The van der Waals surface area contributed by atoms with E-state index in [4.69, 9.17) is 0 Å². The Morgan fingerprint density at radius 2 is 1.94 bits per heavy atom. The third-order valence-electron chi connectivity index (χ3n) is 3.63. The van der Waals surface area contributed by atoms with Gasteiger partial charge in [-0.2, -0.15) is 0 Å². The van der Waals surface area contributed by atoms with Gasteiger partial charge < -0.3 is 20.6 Å². The molecule has 1 aromatic carbocycles. The molecule has 4 heteroatoms. The molecule has 94 valence electrons. The Morgan fingerprint density at radius 1 is 1.18 bits per heavy atom. The highest BCUT2D eigenvalue weighted by Crippen LogP contribution is 2.37. The lowest BCUT2D eigenvalue weighted by Gasteiger charge is -2.18. The molecular formula is C13H19NO3. The Labute approximate surface area is 101 Å². The summed E-state index contributed by atoms with van der Waals surface area (Å²) in [7, 11) is 0. The Balaban J connectivity index is 2.02. The van der Waals surface area contributed by atoms with Gasteiger partial charge in [0.05, 0.1) is 0 Å². The maximum absolute atomic E-state index is 9.67. The van der Waals surface area contributed by atoms with Crippen LogP contribution in [0.1, 0.15) is 31.7 Å². The van der Waals surface area contributed by atoms with Gasteiger partial charge in [-0.1, -0.05) is 19.4 Å². The molecule has 0 saturated heterocycles. The molecule has 0 radical (unpaired) electrons. The van der Waals surface area contributed by atoms with Crippen molar-refractivity contribution in [2.45, 2.75) is 38.8 Å². The Morgan fingerprint density at radius 3 is 2.59 bits per heavy atom. The van der Waals surface area contributed by atoms with E-state index in [-0.39, 0.29) is 11.5 Å². The summed E-state index contributed by atoms with van der Waals surface area (Å²) >= 11 is 0. The molecule has 1 aromatic rings. The fourth-order valence-electron chi connectivity index (χ4n) is 2.44.